The van der Waals surface area contributed by atoms with E-state index in [0.717, 1.165) is 9.35 Å². The monoisotopic (exact) mass is 475 g/mol. The number of Topliss-reactive ketones (excluding diaryl/α,β-unsaturated/α-hetero) is 1. The number of rotatable bonds is 5. The van der Waals surface area contributed by atoms with Gasteiger partial charge in [-0.05, 0) is 45.8 Å². The van der Waals surface area contributed by atoms with Crippen LogP contribution < -0.4 is 4.90 Å². The number of hydrogen-bond acceptors (Lipinski definition) is 4. The molecular formula is C21H15BrClNO3S. The third-order valence-corrected chi connectivity index (χ3v) is 6.82. The molecule has 1 atom stereocenters. The quantitative estimate of drug-likeness (QED) is 0.517. The van der Waals surface area contributed by atoms with Gasteiger partial charge in [-0.1, -0.05) is 48.0 Å². The number of carbonyl (C=O) groups excluding carboxylic acids is 2. The average molecular weight is 477 g/mol. The zero-order valence-electron chi connectivity index (χ0n) is 14.6. The lowest BCUT2D eigenvalue weighted by molar-refractivity contribution is -0.136. The van der Waals surface area contributed by atoms with Gasteiger partial charge in [0.1, 0.15) is 0 Å². The number of aliphatic hydroxyl groups is 1. The topological polar surface area (TPSA) is 57.6 Å². The minimum absolute atomic E-state index is 0.219. The summed E-state index contributed by atoms with van der Waals surface area (Å²) in [7, 11) is 0. The maximum absolute atomic E-state index is 13.2. The van der Waals surface area contributed by atoms with Gasteiger partial charge in [-0.25, -0.2) is 0 Å². The third kappa shape index (κ3) is 3.31. The predicted octanol–water partition coefficient (Wildman–Crippen LogP) is 5.17. The van der Waals surface area contributed by atoms with E-state index in [4.69, 9.17) is 11.6 Å². The van der Waals surface area contributed by atoms with Crippen molar-refractivity contribution in [2.45, 2.75) is 18.6 Å². The highest BCUT2D eigenvalue weighted by Gasteiger charge is 2.50. The maximum atomic E-state index is 13.2. The van der Waals surface area contributed by atoms with Crippen molar-refractivity contribution >= 4 is 56.2 Å². The van der Waals surface area contributed by atoms with E-state index in [1.54, 1.807) is 42.5 Å². The lowest BCUT2D eigenvalue weighted by Crippen LogP contribution is -2.41. The van der Waals surface area contributed by atoms with Crippen molar-refractivity contribution in [3.05, 3.63) is 85.5 Å². The van der Waals surface area contributed by atoms with E-state index >= 15 is 0 Å². The van der Waals surface area contributed by atoms with E-state index < -0.39 is 11.5 Å². The number of carbonyl (C=O) groups is 2. The highest BCUT2D eigenvalue weighted by molar-refractivity contribution is 9.11. The second kappa shape index (κ2) is 7.44. The van der Waals surface area contributed by atoms with E-state index in [0.29, 0.717) is 21.2 Å². The number of halogens is 2. The minimum atomic E-state index is -1.90. The third-order valence-electron chi connectivity index (χ3n) is 4.79. The zero-order valence-corrected chi connectivity index (χ0v) is 17.7. The van der Waals surface area contributed by atoms with E-state index in [-0.39, 0.29) is 18.7 Å². The van der Waals surface area contributed by atoms with Crippen LogP contribution in [0.1, 0.15) is 27.2 Å². The van der Waals surface area contributed by atoms with E-state index in [9.17, 15) is 14.7 Å². The molecule has 1 N–H and O–H groups in total. The van der Waals surface area contributed by atoms with Crippen molar-refractivity contribution in [3.63, 3.8) is 0 Å². The van der Waals surface area contributed by atoms with Gasteiger partial charge in [0.25, 0.3) is 5.91 Å². The summed E-state index contributed by atoms with van der Waals surface area (Å²) in [4.78, 5) is 28.0. The van der Waals surface area contributed by atoms with Crippen LogP contribution >= 0.6 is 38.9 Å². The van der Waals surface area contributed by atoms with Crippen molar-refractivity contribution in [3.8, 4) is 0 Å². The van der Waals surface area contributed by atoms with Crippen LogP contribution in [-0.2, 0) is 16.9 Å². The molecule has 1 unspecified atom stereocenters. The standard InChI is InChI=1S/C21H15BrClNO3S/c22-19-10-9-18(28-19)17(25)11-21(27)14-6-2-4-8-16(14)24(20(21)26)12-13-5-1-3-7-15(13)23/h1-10,27H,11-12H2. The van der Waals surface area contributed by atoms with Crippen molar-refractivity contribution in [1.29, 1.82) is 0 Å². The van der Waals surface area contributed by atoms with Gasteiger partial charge >= 0.3 is 0 Å². The Balaban J connectivity index is 1.70. The second-order valence-electron chi connectivity index (χ2n) is 6.56. The van der Waals surface area contributed by atoms with Crippen LogP contribution in [0.3, 0.4) is 0 Å². The first kappa shape index (κ1) is 19.3. The van der Waals surface area contributed by atoms with Gasteiger partial charge in [0.05, 0.1) is 27.3 Å². The fourth-order valence-electron chi connectivity index (χ4n) is 3.42. The average Bonchev–Trinajstić information content (AvgIpc) is 3.20. The Hall–Kier alpha value is -1.99. The Morgan fingerprint density at radius 1 is 1.11 bits per heavy atom. The van der Waals surface area contributed by atoms with E-state index in [1.165, 1.54) is 16.2 Å². The van der Waals surface area contributed by atoms with Crippen LogP contribution in [0, 0.1) is 0 Å². The largest absolute Gasteiger partial charge is 0.375 e. The summed E-state index contributed by atoms with van der Waals surface area (Å²) in [6.07, 6.45) is -0.311. The summed E-state index contributed by atoms with van der Waals surface area (Å²) in [5.74, 6) is -0.793. The van der Waals surface area contributed by atoms with E-state index in [1.807, 2.05) is 18.2 Å². The molecular weight excluding hydrogens is 462 g/mol. The molecule has 4 nitrogen and oxygen atoms in total. The minimum Gasteiger partial charge on any atom is -0.375 e. The lowest BCUT2D eigenvalue weighted by Gasteiger charge is -2.23. The molecule has 0 aliphatic carbocycles. The van der Waals surface area contributed by atoms with Crippen LogP contribution in [0.25, 0.3) is 0 Å². The number of ketones is 1. The molecule has 4 rings (SSSR count). The summed E-state index contributed by atoms with van der Waals surface area (Å²) in [6, 6.07) is 17.7. The molecule has 2 heterocycles. The first-order valence-corrected chi connectivity index (χ1v) is 10.5. The molecule has 2 aromatic carbocycles. The smallest absolute Gasteiger partial charge is 0.264 e. The number of fused-ring (bicyclic) bond motifs is 1. The highest BCUT2D eigenvalue weighted by Crippen LogP contribution is 2.44. The Morgan fingerprint density at radius 2 is 1.82 bits per heavy atom. The number of para-hydroxylation sites is 1. The van der Waals surface area contributed by atoms with Crippen LogP contribution in [0.4, 0.5) is 5.69 Å². The Kier molecular flexibility index (Phi) is 5.14. The van der Waals surface area contributed by atoms with Crippen LogP contribution in [0.15, 0.2) is 64.5 Å². The summed E-state index contributed by atoms with van der Waals surface area (Å²) in [6.45, 7) is 0.219. The molecule has 1 aliphatic heterocycles. The predicted molar refractivity (Wildman–Crippen MR) is 114 cm³/mol. The van der Waals surface area contributed by atoms with Gasteiger partial charge in [-0.3, -0.25) is 9.59 Å². The SMILES string of the molecule is O=C(CC1(O)C(=O)N(Cc2ccccc2Cl)c2ccccc21)c1ccc(Br)s1. The fraction of sp³-hybridized carbons (Fsp3) is 0.143. The second-order valence-corrected chi connectivity index (χ2v) is 9.43. The molecule has 7 heteroatoms. The number of anilines is 1. The lowest BCUT2D eigenvalue weighted by atomic mass is 9.89. The molecule has 142 valence electrons. The summed E-state index contributed by atoms with van der Waals surface area (Å²) >= 11 is 10.9. The Morgan fingerprint density at radius 3 is 2.54 bits per heavy atom. The van der Waals surface area contributed by atoms with Crippen molar-refractivity contribution in [1.82, 2.24) is 0 Å². The number of nitrogens with zero attached hydrogens (tertiary/aromatic N) is 1. The van der Waals surface area contributed by atoms with Gasteiger partial charge in [0, 0.05) is 10.6 Å². The number of amides is 1. The Labute approximate surface area is 179 Å². The molecule has 0 fully saturated rings. The van der Waals surface area contributed by atoms with Crippen LogP contribution in [-0.4, -0.2) is 16.8 Å². The van der Waals surface area contributed by atoms with Crippen molar-refractivity contribution in [2.75, 3.05) is 4.90 Å². The van der Waals surface area contributed by atoms with Crippen LogP contribution in [0.2, 0.25) is 5.02 Å². The normalized spacial score (nSPS) is 18.4. The first-order chi connectivity index (χ1) is 13.4. The zero-order chi connectivity index (χ0) is 19.9. The Bertz CT molecular complexity index is 1080. The fourth-order valence-corrected chi connectivity index (χ4v) is 4.93. The van der Waals surface area contributed by atoms with Gasteiger partial charge in [0.2, 0.25) is 0 Å². The number of hydrogen-bond donors (Lipinski definition) is 1. The van der Waals surface area contributed by atoms with E-state index in [2.05, 4.69) is 15.9 Å². The molecule has 28 heavy (non-hydrogen) atoms. The molecule has 0 saturated heterocycles. The first-order valence-electron chi connectivity index (χ1n) is 8.56. The maximum Gasteiger partial charge on any atom is 0.264 e. The molecule has 1 amide bonds. The summed E-state index contributed by atoms with van der Waals surface area (Å²) in [5.41, 5.74) is -0.0954. The van der Waals surface area contributed by atoms with Gasteiger partial charge in [-0.15, -0.1) is 11.3 Å². The molecule has 0 radical (unpaired) electrons. The molecule has 3 aromatic rings. The van der Waals surface area contributed by atoms with Gasteiger partial charge in [0.15, 0.2) is 11.4 Å². The van der Waals surface area contributed by atoms with Gasteiger partial charge < -0.3 is 10.0 Å². The molecule has 0 saturated carbocycles. The molecule has 0 spiro atoms. The van der Waals surface area contributed by atoms with Gasteiger partial charge in [-0.2, -0.15) is 0 Å². The highest BCUT2D eigenvalue weighted by atomic mass is 79.9. The summed E-state index contributed by atoms with van der Waals surface area (Å²) in [5, 5.41) is 11.9. The van der Waals surface area contributed by atoms with Crippen molar-refractivity contribution < 1.29 is 14.7 Å². The summed E-state index contributed by atoms with van der Waals surface area (Å²) < 4.78 is 0.821. The number of benzene rings is 2. The van der Waals surface area contributed by atoms with Crippen molar-refractivity contribution in [2.24, 2.45) is 0 Å². The molecule has 1 aliphatic rings. The molecule has 0 bridgehead atoms. The molecule has 1 aromatic heterocycles. The van der Waals surface area contributed by atoms with Crippen LogP contribution in [0.5, 0.6) is 0 Å². The number of thiophene rings is 1.